The van der Waals surface area contributed by atoms with Crippen LogP contribution in [0.5, 0.6) is 0 Å². The topological polar surface area (TPSA) is 29.1 Å². The van der Waals surface area contributed by atoms with Crippen LogP contribution in [0.1, 0.15) is 49.7 Å². The number of ketones is 1. The minimum Gasteiger partial charge on any atom is -0.317 e. The quantitative estimate of drug-likeness (QED) is 0.898. The van der Waals surface area contributed by atoms with Crippen molar-refractivity contribution in [1.82, 2.24) is 5.32 Å². The standard InChI is InChI=1S/C17H23NO/c1-2-17(7-9-18-10-8-17)16(19)12-14-11-13-5-3-4-6-15(13)14/h3-6,14,18H,2,7-12H2,1H3. The molecular formula is C17H23NO. The van der Waals surface area contributed by atoms with E-state index < -0.39 is 0 Å². The molecule has 0 spiro atoms. The van der Waals surface area contributed by atoms with Gasteiger partial charge in [-0.15, -0.1) is 0 Å². The van der Waals surface area contributed by atoms with Gasteiger partial charge in [0.25, 0.3) is 0 Å². The van der Waals surface area contributed by atoms with Gasteiger partial charge >= 0.3 is 0 Å². The second kappa shape index (κ2) is 5.09. The minimum atomic E-state index is -0.0320. The number of carbonyl (C=O) groups is 1. The lowest BCUT2D eigenvalue weighted by Gasteiger charge is -2.38. The highest BCUT2D eigenvalue weighted by atomic mass is 16.1. The molecule has 0 saturated carbocycles. The number of hydrogen-bond acceptors (Lipinski definition) is 2. The average molecular weight is 257 g/mol. The maximum absolute atomic E-state index is 12.7. The van der Waals surface area contributed by atoms with Crippen LogP contribution in [0.15, 0.2) is 24.3 Å². The monoisotopic (exact) mass is 257 g/mol. The summed E-state index contributed by atoms with van der Waals surface area (Å²) >= 11 is 0. The largest absolute Gasteiger partial charge is 0.317 e. The summed E-state index contributed by atoms with van der Waals surface area (Å²) in [5.74, 6) is 0.998. The molecule has 1 heterocycles. The molecule has 1 unspecified atom stereocenters. The lowest BCUT2D eigenvalue weighted by Crippen LogP contribution is -2.42. The van der Waals surface area contributed by atoms with Gasteiger partial charge < -0.3 is 5.32 Å². The van der Waals surface area contributed by atoms with Gasteiger partial charge in [-0.3, -0.25) is 4.79 Å². The molecule has 2 aliphatic rings. The molecule has 2 nitrogen and oxygen atoms in total. The van der Waals surface area contributed by atoms with Crippen LogP contribution >= 0.6 is 0 Å². The second-order valence-electron chi connectivity index (χ2n) is 6.11. The van der Waals surface area contributed by atoms with Crippen LogP contribution in [-0.4, -0.2) is 18.9 Å². The molecule has 1 fully saturated rings. The van der Waals surface area contributed by atoms with Gasteiger partial charge in [0.15, 0.2) is 0 Å². The highest BCUT2D eigenvalue weighted by Crippen LogP contribution is 2.42. The smallest absolute Gasteiger partial charge is 0.139 e. The molecule has 3 rings (SSSR count). The Morgan fingerprint density at radius 3 is 2.74 bits per heavy atom. The van der Waals surface area contributed by atoms with Gasteiger partial charge in [-0.1, -0.05) is 31.2 Å². The second-order valence-corrected chi connectivity index (χ2v) is 6.11. The first kappa shape index (κ1) is 12.9. The zero-order valence-corrected chi connectivity index (χ0v) is 11.7. The van der Waals surface area contributed by atoms with Crippen LogP contribution in [-0.2, 0) is 11.2 Å². The summed E-state index contributed by atoms with van der Waals surface area (Å²) in [5, 5.41) is 3.37. The van der Waals surface area contributed by atoms with E-state index in [1.54, 1.807) is 0 Å². The Hall–Kier alpha value is -1.15. The Kier molecular flexibility index (Phi) is 3.44. The normalized spacial score (nSPS) is 24.4. The number of nitrogens with one attached hydrogen (secondary N) is 1. The number of rotatable bonds is 4. The molecule has 2 heteroatoms. The van der Waals surface area contributed by atoms with E-state index in [9.17, 15) is 4.79 Å². The molecule has 1 aliphatic carbocycles. The average Bonchev–Trinajstić information content (AvgIpc) is 2.45. The Balaban J connectivity index is 1.69. The van der Waals surface area contributed by atoms with E-state index >= 15 is 0 Å². The molecule has 0 radical (unpaired) electrons. The van der Waals surface area contributed by atoms with Gasteiger partial charge in [0.05, 0.1) is 0 Å². The van der Waals surface area contributed by atoms with Crippen LogP contribution in [0.2, 0.25) is 0 Å². The van der Waals surface area contributed by atoms with Crippen molar-refractivity contribution in [2.45, 2.75) is 44.9 Å². The summed E-state index contributed by atoms with van der Waals surface area (Å²) in [6.07, 6.45) is 4.90. The molecule has 19 heavy (non-hydrogen) atoms. The van der Waals surface area contributed by atoms with Crippen molar-refractivity contribution in [3.05, 3.63) is 35.4 Å². The Morgan fingerprint density at radius 2 is 2.05 bits per heavy atom. The Morgan fingerprint density at radius 1 is 1.32 bits per heavy atom. The molecule has 1 aliphatic heterocycles. The third-order valence-electron chi connectivity index (χ3n) is 5.22. The van der Waals surface area contributed by atoms with Crippen molar-refractivity contribution in [3.63, 3.8) is 0 Å². The number of piperidine rings is 1. The van der Waals surface area contributed by atoms with Crippen LogP contribution in [0, 0.1) is 5.41 Å². The fourth-order valence-corrected chi connectivity index (χ4v) is 3.72. The van der Waals surface area contributed by atoms with Crippen LogP contribution < -0.4 is 5.32 Å². The fraction of sp³-hybridized carbons (Fsp3) is 0.588. The van der Waals surface area contributed by atoms with Gasteiger partial charge in [-0.25, -0.2) is 0 Å². The van der Waals surface area contributed by atoms with Crippen molar-refractivity contribution >= 4 is 5.78 Å². The summed E-state index contributed by atoms with van der Waals surface area (Å²) in [4.78, 5) is 12.7. The van der Waals surface area contributed by atoms with Crippen molar-refractivity contribution < 1.29 is 4.79 Å². The third kappa shape index (κ3) is 2.23. The summed E-state index contributed by atoms with van der Waals surface area (Å²) in [6, 6.07) is 8.57. The molecule has 0 bridgehead atoms. The SMILES string of the molecule is CCC1(C(=O)CC2Cc3ccccc32)CCNCC1. The lowest BCUT2D eigenvalue weighted by atomic mass is 9.67. The van der Waals surface area contributed by atoms with E-state index in [2.05, 4.69) is 36.5 Å². The van der Waals surface area contributed by atoms with Crippen LogP contribution in [0.3, 0.4) is 0 Å². The van der Waals surface area contributed by atoms with Crippen LogP contribution in [0.25, 0.3) is 0 Å². The number of hydrogen-bond donors (Lipinski definition) is 1. The summed E-state index contributed by atoms with van der Waals surface area (Å²) in [7, 11) is 0. The van der Waals surface area contributed by atoms with Gasteiger partial charge in [-0.2, -0.15) is 0 Å². The molecule has 1 aromatic carbocycles. The van der Waals surface area contributed by atoms with Gasteiger partial charge in [0.1, 0.15) is 5.78 Å². The van der Waals surface area contributed by atoms with E-state index in [0.29, 0.717) is 11.7 Å². The predicted molar refractivity (Wildman–Crippen MR) is 77.3 cm³/mol. The van der Waals surface area contributed by atoms with E-state index in [1.807, 2.05) is 0 Å². The fourth-order valence-electron chi connectivity index (χ4n) is 3.72. The maximum Gasteiger partial charge on any atom is 0.139 e. The molecule has 1 atom stereocenters. The summed E-state index contributed by atoms with van der Waals surface area (Å²) in [6.45, 7) is 4.18. The van der Waals surface area contributed by atoms with E-state index in [-0.39, 0.29) is 5.41 Å². The molecule has 1 N–H and O–H groups in total. The third-order valence-corrected chi connectivity index (χ3v) is 5.22. The molecular weight excluding hydrogens is 234 g/mol. The summed E-state index contributed by atoms with van der Waals surface area (Å²) < 4.78 is 0. The van der Waals surface area contributed by atoms with E-state index in [0.717, 1.165) is 45.2 Å². The predicted octanol–water partition coefficient (Wildman–Crippen LogP) is 3.07. The van der Waals surface area contributed by atoms with Crippen molar-refractivity contribution in [2.75, 3.05) is 13.1 Å². The van der Waals surface area contributed by atoms with E-state index in [1.165, 1.54) is 11.1 Å². The summed E-state index contributed by atoms with van der Waals surface area (Å²) in [5.41, 5.74) is 2.82. The number of benzene rings is 1. The first-order valence-electron chi connectivity index (χ1n) is 7.57. The van der Waals surface area contributed by atoms with Gasteiger partial charge in [0.2, 0.25) is 0 Å². The minimum absolute atomic E-state index is 0.0320. The Bertz CT molecular complexity index is 474. The lowest BCUT2D eigenvalue weighted by molar-refractivity contribution is -0.131. The van der Waals surface area contributed by atoms with Gasteiger partial charge in [0, 0.05) is 11.8 Å². The molecule has 1 aromatic rings. The molecule has 1 saturated heterocycles. The van der Waals surface area contributed by atoms with Crippen LogP contribution in [0.4, 0.5) is 0 Å². The Labute approximate surface area is 115 Å². The first-order valence-corrected chi connectivity index (χ1v) is 7.57. The number of fused-ring (bicyclic) bond motifs is 1. The zero-order valence-electron chi connectivity index (χ0n) is 11.7. The molecule has 0 aromatic heterocycles. The van der Waals surface area contributed by atoms with Crippen molar-refractivity contribution in [1.29, 1.82) is 0 Å². The van der Waals surface area contributed by atoms with Crippen molar-refractivity contribution in [2.24, 2.45) is 5.41 Å². The molecule has 102 valence electrons. The highest BCUT2D eigenvalue weighted by molar-refractivity contribution is 5.86. The van der Waals surface area contributed by atoms with E-state index in [4.69, 9.17) is 0 Å². The first-order chi connectivity index (χ1) is 9.25. The molecule has 0 amide bonds. The van der Waals surface area contributed by atoms with Crippen molar-refractivity contribution in [3.8, 4) is 0 Å². The maximum atomic E-state index is 12.7. The zero-order chi connectivity index (χ0) is 13.3. The van der Waals surface area contributed by atoms with Gasteiger partial charge in [-0.05, 0) is 55.8 Å². The number of Topliss-reactive ketones (excluding diaryl/α,β-unsaturated/α-hetero) is 1. The highest BCUT2D eigenvalue weighted by Gasteiger charge is 2.39. The number of carbonyl (C=O) groups excluding carboxylic acids is 1.